The Kier molecular flexibility index (Phi) is 3.80. The monoisotopic (exact) mass is 341 g/mol. The third-order valence-electron chi connectivity index (χ3n) is 4.70. The molecule has 7 heteroatoms. The Morgan fingerprint density at radius 2 is 2.21 bits per heavy atom. The van der Waals surface area contributed by atoms with Crippen molar-refractivity contribution in [3.8, 4) is 0 Å². The summed E-state index contributed by atoms with van der Waals surface area (Å²) in [5.74, 6) is 1.05. The molecule has 1 fully saturated rings. The zero-order chi connectivity index (χ0) is 16.7. The van der Waals surface area contributed by atoms with Crippen LogP contribution in [0.25, 0.3) is 10.2 Å². The number of piperidine rings is 1. The van der Waals surface area contributed by atoms with E-state index in [1.807, 2.05) is 37.2 Å². The molecule has 0 aromatic carbocycles. The van der Waals surface area contributed by atoms with Crippen LogP contribution in [0.15, 0.2) is 24.7 Å². The van der Waals surface area contributed by atoms with Crippen molar-refractivity contribution in [2.75, 3.05) is 13.1 Å². The Morgan fingerprint density at radius 3 is 3.00 bits per heavy atom. The van der Waals surface area contributed by atoms with Gasteiger partial charge in [0.15, 0.2) is 0 Å². The van der Waals surface area contributed by atoms with Gasteiger partial charge in [-0.25, -0.2) is 9.97 Å². The molecule has 0 saturated carbocycles. The lowest BCUT2D eigenvalue weighted by atomic mass is 10.0. The van der Waals surface area contributed by atoms with Crippen LogP contribution in [0.4, 0.5) is 0 Å². The maximum absolute atomic E-state index is 12.9. The number of aromatic nitrogens is 4. The van der Waals surface area contributed by atoms with Gasteiger partial charge in [-0.2, -0.15) is 4.37 Å². The van der Waals surface area contributed by atoms with E-state index in [-0.39, 0.29) is 5.91 Å². The van der Waals surface area contributed by atoms with Crippen LogP contribution in [0.5, 0.6) is 0 Å². The van der Waals surface area contributed by atoms with Crippen LogP contribution in [0, 0.1) is 13.8 Å². The number of likely N-dealkylation sites (tertiary alicyclic amines) is 1. The average Bonchev–Trinajstić information content (AvgIpc) is 3.20. The second kappa shape index (κ2) is 5.98. The van der Waals surface area contributed by atoms with Crippen molar-refractivity contribution >= 4 is 27.7 Å². The SMILES string of the molecule is Cc1nsc2ncc(C(=O)N3CCC[C@@H](n4ccnc4C)C3)cc12. The lowest BCUT2D eigenvalue weighted by molar-refractivity contribution is 0.0678. The fourth-order valence-corrected chi connectivity index (χ4v) is 4.11. The van der Waals surface area contributed by atoms with Crippen LogP contribution in [-0.4, -0.2) is 42.8 Å². The van der Waals surface area contributed by atoms with E-state index in [0.717, 1.165) is 47.7 Å². The van der Waals surface area contributed by atoms with Crippen LogP contribution in [-0.2, 0) is 0 Å². The summed E-state index contributed by atoms with van der Waals surface area (Å²) in [4.78, 5) is 24.4. The van der Waals surface area contributed by atoms with Gasteiger partial charge >= 0.3 is 0 Å². The Morgan fingerprint density at radius 1 is 1.33 bits per heavy atom. The predicted molar refractivity (Wildman–Crippen MR) is 93.3 cm³/mol. The number of carbonyl (C=O) groups excluding carboxylic acids is 1. The number of rotatable bonds is 2. The van der Waals surface area contributed by atoms with Gasteiger partial charge in [0.25, 0.3) is 5.91 Å². The van der Waals surface area contributed by atoms with Gasteiger partial charge < -0.3 is 9.47 Å². The highest BCUT2D eigenvalue weighted by molar-refractivity contribution is 7.12. The van der Waals surface area contributed by atoms with Gasteiger partial charge in [-0.1, -0.05) is 0 Å². The molecule has 0 radical (unpaired) electrons. The van der Waals surface area contributed by atoms with Crippen LogP contribution in [0.3, 0.4) is 0 Å². The van der Waals surface area contributed by atoms with Gasteiger partial charge in [0.1, 0.15) is 10.7 Å². The lowest BCUT2D eigenvalue weighted by Crippen LogP contribution is -2.40. The van der Waals surface area contributed by atoms with Crippen molar-refractivity contribution in [1.29, 1.82) is 0 Å². The van der Waals surface area contributed by atoms with E-state index in [1.165, 1.54) is 11.5 Å². The first kappa shape index (κ1) is 15.3. The molecule has 1 atom stereocenters. The minimum atomic E-state index is 0.0532. The third-order valence-corrected chi connectivity index (χ3v) is 5.56. The van der Waals surface area contributed by atoms with E-state index < -0.39 is 0 Å². The third kappa shape index (κ3) is 2.58. The largest absolute Gasteiger partial charge is 0.337 e. The highest BCUT2D eigenvalue weighted by Crippen LogP contribution is 2.25. The fraction of sp³-hybridized carbons (Fsp3) is 0.412. The highest BCUT2D eigenvalue weighted by atomic mass is 32.1. The molecule has 0 spiro atoms. The summed E-state index contributed by atoms with van der Waals surface area (Å²) >= 11 is 1.37. The van der Waals surface area contributed by atoms with Gasteiger partial charge in [-0.05, 0) is 44.3 Å². The summed E-state index contributed by atoms with van der Waals surface area (Å²) in [6.07, 6.45) is 7.57. The van der Waals surface area contributed by atoms with Crippen LogP contribution in [0.2, 0.25) is 0 Å². The number of imidazole rings is 1. The number of carbonyl (C=O) groups is 1. The van der Waals surface area contributed by atoms with E-state index in [0.29, 0.717) is 11.6 Å². The lowest BCUT2D eigenvalue weighted by Gasteiger charge is -2.34. The first-order valence-corrected chi connectivity index (χ1v) is 8.91. The molecule has 0 N–H and O–H groups in total. The molecule has 0 bridgehead atoms. The standard InChI is InChI=1S/C17H19N5OS/c1-11-15-8-13(9-19-16(15)24-20-11)17(23)21-6-3-4-14(10-21)22-7-5-18-12(22)2/h5,7-9,14H,3-4,6,10H2,1-2H3/t14-/m1/s1. The van der Waals surface area contributed by atoms with E-state index in [1.54, 1.807) is 6.20 Å². The Bertz CT molecular complexity index is 899. The smallest absolute Gasteiger partial charge is 0.255 e. The van der Waals surface area contributed by atoms with E-state index >= 15 is 0 Å². The molecule has 1 aliphatic rings. The number of hydrogen-bond acceptors (Lipinski definition) is 5. The van der Waals surface area contributed by atoms with Crippen molar-refractivity contribution in [2.45, 2.75) is 32.7 Å². The minimum Gasteiger partial charge on any atom is -0.337 e. The topological polar surface area (TPSA) is 63.9 Å². The second-order valence-electron chi connectivity index (χ2n) is 6.27. The molecule has 4 heterocycles. The van der Waals surface area contributed by atoms with Gasteiger partial charge in [-0.15, -0.1) is 0 Å². The van der Waals surface area contributed by atoms with E-state index in [2.05, 4.69) is 18.9 Å². The molecule has 6 nitrogen and oxygen atoms in total. The summed E-state index contributed by atoms with van der Waals surface area (Å²) in [5, 5.41) is 0.977. The molecule has 24 heavy (non-hydrogen) atoms. The van der Waals surface area contributed by atoms with Crippen LogP contribution >= 0.6 is 11.5 Å². The van der Waals surface area contributed by atoms with Gasteiger partial charge in [-0.3, -0.25) is 4.79 Å². The van der Waals surface area contributed by atoms with E-state index in [4.69, 9.17) is 0 Å². The van der Waals surface area contributed by atoms with Crippen molar-refractivity contribution in [2.24, 2.45) is 0 Å². The zero-order valence-electron chi connectivity index (χ0n) is 13.8. The molecule has 3 aromatic heterocycles. The van der Waals surface area contributed by atoms with Gasteiger partial charge in [0, 0.05) is 37.1 Å². The average molecular weight is 341 g/mol. The molecular formula is C17H19N5OS. The van der Waals surface area contributed by atoms with Gasteiger partial charge in [0.05, 0.1) is 17.3 Å². The van der Waals surface area contributed by atoms with Crippen LogP contribution in [0.1, 0.15) is 40.8 Å². The quantitative estimate of drug-likeness (QED) is 0.719. The summed E-state index contributed by atoms with van der Waals surface area (Å²) in [6, 6.07) is 2.22. The number of nitrogens with zero attached hydrogens (tertiary/aromatic N) is 5. The van der Waals surface area contributed by atoms with Gasteiger partial charge in [0.2, 0.25) is 0 Å². The van der Waals surface area contributed by atoms with Crippen molar-refractivity contribution in [3.05, 3.63) is 41.7 Å². The molecule has 0 unspecified atom stereocenters. The minimum absolute atomic E-state index is 0.0532. The summed E-state index contributed by atoms with van der Waals surface area (Å²) in [5.41, 5.74) is 1.58. The normalized spacial score (nSPS) is 18.2. The second-order valence-corrected chi connectivity index (χ2v) is 7.03. The number of pyridine rings is 1. The summed E-state index contributed by atoms with van der Waals surface area (Å²) in [6.45, 7) is 5.47. The molecular weight excluding hydrogens is 322 g/mol. The maximum Gasteiger partial charge on any atom is 0.255 e. The summed E-state index contributed by atoms with van der Waals surface area (Å²) < 4.78 is 6.48. The number of amides is 1. The first-order chi connectivity index (χ1) is 11.6. The highest BCUT2D eigenvalue weighted by Gasteiger charge is 2.26. The molecule has 0 aliphatic carbocycles. The van der Waals surface area contributed by atoms with Crippen molar-refractivity contribution < 1.29 is 4.79 Å². The Hall–Kier alpha value is -2.28. The fourth-order valence-electron chi connectivity index (χ4n) is 3.38. The number of aryl methyl sites for hydroxylation is 2. The predicted octanol–water partition coefficient (Wildman–Crippen LogP) is 2.98. The molecule has 1 saturated heterocycles. The molecule has 1 amide bonds. The van der Waals surface area contributed by atoms with E-state index in [9.17, 15) is 4.79 Å². The molecule has 124 valence electrons. The van der Waals surface area contributed by atoms with Crippen LogP contribution < -0.4 is 0 Å². The zero-order valence-corrected chi connectivity index (χ0v) is 14.6. The molecule has 4 rings (SSSR count). The Labute approximate surface area is 144 Å². The van der Waals surface area contributed by atoms with Crippen molar-refractivity contribution in [3.63, 3.8) is 0 Å². The molecule has 1 aliphatic heterocycles. The number of hydrogen-bond donors (Lipinski definition) is 0. The van der Waals surface area contributed by atoms with Crippen molar-refractivity contribution in [1.82, 2.24) is 23.8 Å². The molecule has 3 aromatic rings. The Balaban J connectivity index is 1.58. The first-order valence-electron chi connectivity index (χ1n) is 8.14. The number of fused-ring (bicyclic) bond motifs is 1. The summed E-state index contributed by atoms with van der Waals surface area (Å²) in [7, 11) is 0. The maximum atomic E-state index is 12.9.